The van der Waals surface area contributed by atoms with Gasteiger partial charge in [-0.05, 0) is 69.0 Å². The number of carbonyl (C=O) groups is 1. The Labute approximate surface area is 189 Å². The van der Waals surface area contributed by atoms with Gasteiger partial charge in [0.05, 0.1) is 11.3 Å². The van der Waals surface area contributed by atoms with Crippen molar-refractivity contribution in [2.45, 2.75) is 56.6 Å². The average Bonchev–Trinajstić information content (AvgIpc) is 3.42. The number of pyridine rings is 1. The standard InChI is InChI=1S/C24H30FN3O3S/c1-3-32(30,31)23-11-9-19(15-26-23)18-8-10-21(22(25)14-18)24(29)28-13-5-7-20(28)16-27-12-4-6-17(27)2/h8-11,14-15,17,20H,3-7,12-13,16H2,1-2H3. The zero-order valence-corrected chi connectivity index (χ0v) is 19.4. The number of halogens is 1. The highest BCUT2D eigenvalue weighted by Crippen LogP contribution is 2.27. The van der Waals surface area contributed by atoms with Crippen LogP contribution < -0.4 is 0 Å². The molecule has 2 fully saturated rings. The minimum absolute atomic E-state index is 0.00316. The molecule has 0 aliphatic carbocycles. The molecule has 2 unspecified atom stereocenters. The lowest BCUT2D eigenvalue weighted by Crippen LogP contribution is -2.44. The molecule has 32 heavy (non-hydrogen) atoms. The van der Waals surface area contributed by atoms with E-state index in [4.69, 9.17) is 0 Å². The molecule has 0 spiro atoms. The molecule has 6 nitrogen and oxygen atoms in total. The Morgan fingerprint density at radius 2 is 1.88 bits per heavy atom. The fraction of sp³-hybridized carbons (Fsp3) is 0.500. The van der Waals surface area contributed by atoms with Crippen LogP contribution in [0, 0.1) is 5.82 Å². The highest BCUT2D eigenvalue weighted by Gasteiger charge is 2.33. The summed E-state index contributed by atoms with van der Waals surface area (Å²) in [6.45, 7) is 6.36. The zero-order valence-electron chi connectivity index (χ0n) is 18.6. The summed E-state index contributed by atoms with van der Waals surface area (Å²) in [7, 11) is -3.39. The summed E-state index contributed by atoms with van der Waals surface area (Å²) in [5, 5.41) is 0.00316. The van der Waals surface area contributed by atoms with Crippen LogP contribution in [0.1, 0.15) is 49.9 Å². The van der Waals surface area contributed by atoms with Crippen molar-refractivity contribution in [3.63, 3.8) is 0 Å². The Hall–Kier alpha value is -2.32. The van der Waals surface area contributed by atoms with Gasteiger partial charge in [-0.25, -0.2) is 17.8 Å². The number of benzene rings is 1. The van der Waals surface area contributed by atoms with Crippen LogP contribution in [0.15, 0.2) is 41.6 Å². The smallest absolute Gasteiger partial charge is 0.257 e. The molecular weight excluding hydrogens is 429 g/mol. The SMILES string of the molecule is CCS(=O)(=O)c1ccc(-c2ccc(C(=O)N3CCCC3CN3CCCC3C)c(F)c2)cn1. The largest absolute Gasteiger partial charge is 0.334 e. The van der Waals surface area contributed by atoms with Crippen molar-refractivity contribution in [2.24, 2.45) is 0 Å². The number of amides is 1. The molecule has 2 aromatic rings. The van der Waals surface area contributed by atoms with Gasteiger partial charge < -0.3 is 4.90 Å². The van der Waals surface area contributed by atoms with E-state index in [0.717, 1.165) is 25.9 Å². The third kappa shape index (κ3) is 4.57. The second kappa shape index (κ2) is 9.27. The number of sulfone groups is 1. The number of rotatable bonds is 6. The number of hydrogen-bond acceptors (Lipinski definition) is 5. The summed E-state index contributed by atoms with van der Waals surface area (Å²) in [5.41, 5.74) is 1.23. The second-order valence-electron chi connectivity index (χ2n) is 8.76. The summed E-state index contributed by atoms with van der Waals surface area (Å²) >= 11 is 0. The van der Waals surface area contributed by atoms with E-state index < -0.39 is 15.7 Å². The topological polar surface area (TPSA) is 70.6 Å². The van der Waals surface area contributed by atoms with E-state index in [-0.39, 0.29) is 28.3 Å². The van der Waals surface area contributed by atoms with E-state index in [1.165, 1.54) is 37.2 Å². The van der Waals surface area contributed by atoms with E-state index in [0.29, 0.717) is 23.7 Å². The fourth-order valence-corrected chi connectivity index (χ4v) is 5.52. The maximum Gasteiger partial charge on any atom is 0.257 e. The van der Waals surface area contributed by atoms with E-state index in [1.54, 1.807) is 19.1 Å². The van der Waals surface area contributed by atoms with Crippen LogP contribution >= 0.6 is 0 Å². The molecule has 172 valence electrons. The van der Waals surface area contributed by atoms with Crippen molar-refractivity contribution in [1.82, 2.24) is 14.8 Å². The van der Waals surface area contributed by atoms with E-state index in [1.807, 2.05) is 4.90 Å². The Balaban J connectivity index is 1.51. The Kier molecular flexibility index (Phi) is 6.62. The quantitative estimate of drug-likeness (QED) is 0.658. The van der Waals surface area contributed by atoms with Gasteiger partial charge in [0.15, 0.2) is 14.9 Å². The van der Waals surface area contributed by atoms with Gasteiger partial charge in [0.1, 0.15) is 5.82 Å². The molecule has 1 aromatic carbocycles. The van der Waals surface area contributed by atoms with Crippen molar-refractivity contribution in [3.8, 4) is 11.1 Å². The lowest BCUT2D eigenvalue weighted by molar-refractivity contribution is 0.0692. The predicted octanol–water partition coefficient (Wildman–Crippen LogP) is 3.77. The van der Waals surface area contributed by atoms with Gasteiger partial charge in [0.25, 0.3) is 5.91 Å². The lowest BCUT2D eigenvalue weighted by Gasteiger charge is -2.31. The maximum absolute atomic E-state index is 15.0. The Morgan fingerprint density at radius 3 is 2.50 bits per heavy atom. The molecule has 2 atom stereocenters. The first-order chi connectivity index (χ1) is 15.3. The van der Waals surface area contributed by atoms with Crippen LogP contribution in [0.25, 0.3) is 11.1 Å². The minimum atomic E-state index is -3.39. The lowest BCUT2D eigenvalue weighted by atomic mass is 10.0. The second-order valence-corrected chi connectivity index (χ2v) is 11.0. The number of aromatic nitrogens is 1. The van der Waals surface area contributed by atoms with Crippen molar-refractivity contribution in [1.29, 1.82) is 0 Å². The third-order valence-corrected chi connectivity index (χ3v) is 8.38. The first kappa shape index (κ1) is 22.9. The molecule has 2 aliphatic heterocycles. The molecule has 4 rings (SSSR count). The summed E-state index contributed by atoms with van der Waals surface area (Å²) in [5.74, 6) is -0.859. The maximum atomic E-state index is 15.0. The molecule has 0 bridgehead atoms. The molecule has 2 saturated heterocycles. The van der Waals surface area contributed by atoms with Crippen molar-refractivity contribution in [2.75, 3.05) is 25.4 Å². The highest BCUT2D eigenvalue weighted by molar-refractivity contribution is 7.91. The highest BCUT2D eigenvalue weighted by atomic mass is 32.2. The van der Waals surface area contributed by atoms with Gasteiger partial charge in [-0.2, -0.15) is 0 Å². The molecule has 3 heterocycles. The normalized spacial score (nSPS) is 21.9. The molecule has 0 radical (unpaired) electrons. The first-order valence-electron chi connectivity index (χ1n) is 11.3. The third-order valence-electron chi connectivity index (χ3n) is 6.74. The van der Waals surface area contributed by atoms with Gasteiger partial charge in [0, 0.05) is 36.9 Å². The molecule has 0 saturated carbocycles. The van der Waals surface area contributed by atoms with E-state index in [9.17, 15) is 17.6 Å². The van der Waals surface area contributed by atoms with Gasteiger partial charge >= 0.3 is 0 Å². The number of likely N-dealkylation sites (tertiary alicyclic amines) is 2. The molecular formula is C24H30FN3O3S. The van der Waals surface area contributed by atoms with Crippen LogP contribution in [0.3, 0.4) is 0 Å². The van der Waals surface area contributed by atoms with Crippen molar-refractivity contribution >= 4 is 15.7 Å². The molecule has 2 aliphatic rings. The summed E-state index contributed by atoms with van der Waals surface area (Å²) < 4.78 is 38.9. The van der Waals surface area contributed by atoms with Gasteiger partial charge in [-0.1, -0.05) is 13.0 Å². The van der Waals surface area contributed by atoms with Gasteiger partial charge in [0.2, 0.25) is 0 Å². The molecule has 0 N–H and O–H groups in total. The van der Waals surface area contributed by atoms with Gasteiger partial charge in [-0.3, -0.25) is 9.69 Å². The number of hydrogen-bond donors (Lipinski definition) is 0. The summed E-state index contributed by atoms with van der Waals surface area (Å²) in [6.07, 6.45) is 5.70. The first-order valence-corrected chi connectivity index (χ1v) is 13.0. The summed E-state index contributed by atoms with van der Waals surface area (Å²) in [4.78, 5) is 21.4. The monoisotopic (exact) mass is 459 g/mol. The predicted molar refractivity (Wildman–Crippen MR) is 122 cm³/mol. The van der Waals surface area contributed by atoms with E-state index >= 15 is 0 Å². The van der Waals surface area contributed by atoms with Crippen LogP contribution in [-0.2, 0) is 9.84 Å². The Bertz CT molecular complexity index is 1090. The number of nitrogens with zero attached hydrogens (tertiary/aromatic N) is 3. The van der Waals surface area contributed by atoms with Crippen LogP contribution in [0.5, 0.6) is 0 Å². The Morgan fingerprint density at radius 1 is 1.12 bits per heavy atom. The fourth-order valence-electron chi connectivity index (χ4n) is 4.73. The minimum Gasteiger partial charge on any atom is -0.334 e. The van der Waals surface area contributed by atoms with Crippen LogP contribution in [-0.4, -0.2) is 66.6 Å². The summed E-state index contributed by atoms with van der Waals surface area (Å²) in [6, 6.07) is 8.24. The molecule has 1 amide bonds. The number of carbonyl (C=O) groups excluding carboxylic acids is 1. The van der Waals surface area contributed by atoms with Crippen LogP contribution in [0.2, 0.25) is 0 Å². The van der Waals surface area contributed by atoms with Crippen LogP contribution in [0.4, 0.5) is 4.39 Å². The molecule has 8 heteroatoms. The average molecular weight is 460 g/mol. The van der Waals surface area contributed by atoms with Crippen molar-refractivity contribution in [3.05, 3.63) is 47.9 Å². The van der Waals surface area contributed by atoms with E-state index in [2.05, 4.69) is 16.8 Å². The van der Waals surface area contributed by atoms with Crippen molar-refractivity contribution < 1.29 is 17.6 Å². The zero-order chi connectivity index (χ0) is 22.9. The molecule has 1 aromatic heterocycles. The van der Waals surface area contributed by atoms with Gasteiger partial charge in [-0.15, -0.1) is 0 Å².